The van der Waals surface area contributed by atoms with Gasteiger partial charge in [-0.25, -0.2) is 4.98 Å². The molecule has 1 saturated heterocycles. The number of anilines is 1. The summed E-state index contributed by atoms with van der Waals surface area (Å²) in [6.07, 6.45) is 8.74. The molecule has 4 heteroatoms. The van der Waals surface area contributed by atoms with Gasteiger partial charge in [0.1, 0.15) is 5.82 Å². The Morgan fingerprint density at radius 2 is 1.96 bits per heavy atom. The van der Waals surface area contributed by atoms with Crippen molar-refractivity contribution >= 4 is 34.4 Å². The lowest BCUT2D eigenvalue weighted by atomic mass is 9.96. The number of pyridine rings is 1. The summed E-state index contributed by atoms with van der Waals surface area (Å²) in [5, 5.41) is 1.94. The highest BCUT2D eigenvalue weighted by Gasteiger charge is 2.22. The average molecular weight is 354 g/mol. The van der Waals surface area contributed by atoms with Crippen LogP contribution < -0.4 is 4.90 Å². The minimum atomic E-state index is 0.745. The van der Waals surface area contributed by atoms with Crippen LogP contribution in [0.5, 0.6) is 0 Å². The number of fused-ring (bicyclic) bond motifs is 3. The summed E-state index contributed by atoms with van der Waals surface area (Å²) in [7, 11) is 2.19. The number of likely N-dealkylation sites (N-methyl/N-ethyl adjacent to an activating group) is 1. The second kappa shape index (κ2) is 6.81. The van der Waals surface area contributed by atoms with Crippen molar-refractivity contribution in [3.63, 3.8) is 0 Å². The molecule has 4 rings (SSSR count). The second-order valence-corrected chi connectivity index (χ2v) is 7.43. The molecule has 2 heterocycles. The van der Waals surface area contributed by atoms with Gasteiger partial charge in [0.25, 0.3) is 0 Å². The first-order valence-electron chi connectivity index (χ1n) is 9.07. The lowest BCUT2D eigenvalue weighted by molar-refractivity contribution is 0.312. The van der Waals surface area contributed by atoms with Crippen LogP contribution in [-0.2, 0) is 6.42 Å². The largest absolute Gasteiger partial charge is 0.354 e. The third-order valence-corrected chi connectivity index (χ3v) is 5.56. The average Bonchev–Trinajstić information content (AvgIpc) is 2.84. The number of nitrogens with zero attached hydrogens (tertiary/aromatic N) is 3. The van der Waals surface area contributed by atoms with Crippen molar-refractivity contribution in [3.8, 4) is 0 Å². The summed E-state index contributed by atoms with van der Waals surface area (Å²) in [5.74, 6) is 1.14. The van der Waals surface area contributed by atoms with Crippen molar-refractivity contribution in [2.24, 2.45) is 0 Å². The quantitative estimate of drug-likeness (QED) is 0.789. The van der Waals surface area contributed by atoms with Gasteiger partial charge in [-0.05, 0) is 37.6 Å². The number of hydrogen-bond donors (Lipinski definition) is 0. The summed E-state index contributed by atoms with van der Waals surface area (Å²) >= 11 is 6.25. The normalized spacial score (nSPS) is 18.2. The van der Waals surface area contributed by atoms with Crippen LogP contribution in [0.2, 0.25) is 5.02 Å². The minimum Gasteiger partial charge on any atom is -0.354 e. The van der Waals surface area contributed by atoms with Gasteiger partial charge in [-0.3, -0.25) is 0 Å². The van der Waals surface area contributed by atoms with E-state index in [-0.39, 0.29) is 0 Å². The fraction of sp³-hybridized carbons (Fsp3) is 0.381. The van der Waals surface area contributed by atoms with Gasteiger partial charge >= 0.3 is 0 Å². The van der Waals surface area contributed by atoms with Crippen LogP contribution in [0.4, 0.5) is 5.82 Å². The Labute approximate surface area is 154 Å². The van der Waals surface area contributed by atoms with Crippen molar-refractivity contribution in [1.29, 1.82) is 0 Å². The van der Waals surface area contributed by atoms with Gasteiger partial charge in [0, 0.05) is 42.2 Å². The van der Waals surface area contributed by atoms with E-state index in [1.807, 2.05) is 12.1 Å². The van der Waals surface area contributed by atoms with Crippen molar-refractivity contribution < 1.29 is 0 Å². The molecular weight excluding hydrogens is 330 g/mol. The number of aromatic nitrogens is 1. The molecule has 1 aromatic heterocycles. The predicted molar refractivity (Wildman–Crippen MR) is 108 cm³/mol. The Morgan fingerprint density at radius 1 is 1.16 bits per heavy atom. The molecular formula is C21H24ClN3. The molecule has 2 aliphatic rings. The summed E-state index contributed by atoms with van der Waals surface area (Å²) in [5.41, 5.74) is 5.11. The van der Waals surface area contributed by atoms with E-state index in [4.69, 9.17) is 16.6 Å². The Balaban J connectivity index is 1.90. The van der Waals surface area contributed by atoms with E-state index in [0.717, 1.165) is 55.4 Å². The van der Waals surface area contributed by atoms with Crippen molar-refractivity contribution in [1.82, 2.24) is 9.88 Å². The molecule has 25 heavy (non-hydrogen) atoms. The number of rotatable bonds is 2. The molecule has 1 aliphatic heterocycles. The molecule has 0 amide bonds. The zero-order valence-corrected chi connectivity index (χ0v) is 15.7. The number of benzene rings is 1. The molecule has 0 atom stereocenters. The highest BCUT2D eigenvalue weighted by molar-refractivity contribution is 6.31. The predicted octanol–water partition coefficient (Wildman–Crippen LogP) is 4.55. The van der Waals surface area contributed by atoms with Gasteiger partial charge in [0.15, 0.2) is 0 Å². The van der Waals surface area contributed by atoms with E-state index in [2.05, 4.69) is 48.1 Å². The van der Waals surface area contributed by atoms with Crippen LogP contribution >= 0.6 is 11.6 Å². The van der Waals surface area contributed by atoms with Crippen LogP contribution in [0.25, 0.3) is 17.0 Å². The molecule has 1 aliphatic carbocycles. The topological polar surface area (TPSA) is 19.4 Å². The van der Waals surface area contributed by atoms with Gasteiger partial charge < -0.3 is 9.80 Å². The highest BCUT2D eigenvalue weighted by Crippen LogP contribution is 2.35. The first kappa shape index (κ1) is 16.6. The standard InChI is InChI=1S/C21H24ClN3/c1-3-15-5-4-6-17-18-8-7-16(22)14-20(18)23-21(19(17)13-15)25-11-9-24(2)10-12-25/h4-8,14H,3,9-13H2,1-2H3. The molecule has 0 N–H and O–H groups in total. The molecule has 0 radical (unpaired) electrons. The molecule has 0 bridgehead atoms. The van der Waals surface area contributed by atoms with Crippen LogP contribution in [-0.4, -0.2) is 43.1 Å². The smallest absolute Gasteiger partial charge is 0.133 e. The summed E-state index contributed by atoms with van der Waals surface area (Å²) in [6, 6.07) is 6.07. The van der Waals surface area contributed by atoms with Gasteiger partial charge in [0.2, 0.25) is 0 Å². The molecule has 3 nitrogen and oxygen atoms in total. The fourth-order valence-corrected chi connectivity index (χ4v) is 3.91. The van der Waals surface area contributed by atoms with Crippen LogP contribution in [0, 0.1) is 0 Å². The Kier molecular flexibility index (Phi) is 4.53. The van der Waals surface area contributed by atoms with E-state index in [1.54, 1.807) is 0 Å². The maximum atomic E-state index is 6.25. The van der Waals surface area contributed by atoms with Crippen LogP contribution in [0.1, 0.15) is 24.5 Å². The number of halogens is 1. The molecule has 1 aromatic carbocycles. The molecule has 0 unspecified atom stereocenters. The lowest BCUT2D eigenvalue weighted by Gasteiger charge is -2.35. The number of hydrogen-bond acceptors (Lipinski definition) is 3. The van der Waals surface area contributed by atoms with Crippen LogP contribution in [0.3, 0.4) is 0 Å². The van der Waals surface area contributed by atoms with Gasteiger partial charge in [-0.2, -0.15) is 0 Å². The summed E-state index contributed by atoms with van der Waals surface area (Å²) in [6.45, 7) is 6.44. The fourth-order valence-electron chi connectivity index (χ4n) is 3.74. The molecule has 130 valence electrons. The number of allylic oxidation sites excluding steroid dienone is 3. The maximum Gasteiger partial charge on any atom is 0.133 e. The summed E-state index contributed by atoms with van der Waals surface area (Å²) in [4.78, 5) is 9.90. The molecule has 2 aromatic rings. The first-order valence-corrected chi connectivity index (χ1v) is 9.45. The minimum absolute atomic E-state index is 0.745. The third-order valence-electron chi connectivity index (χ3n) is 5.33. The first-order chi connectivity index (χ1) is 12.2. The summed E-state index contributed by atoms with van der Waals surface area (Å²) < 4.78 is 0. The van der Waals surface area contributed by atoms with Crippen LogP contribution in [0.15, 0.2) is 35.9 Å². The maximum absolute atomic E-state index is 6.25. The molecule has 1 fully saturated rings. The van der Waals surface area contributed by atoms with E-state index < -0.39 is 0 Å². The zero-order chi connectivity index (χ0) is 17.4. The zero-order valence-electron chi connectivity index (χ0n) is 14.9. The Morgan fingerprint density at radius 3 is 2.72 bits per heavy atom. The van der Waals surface area contributed by atoms with E-state index in [9.17, 15) is 0 Å². The molecule has 0 saturated carbocycles. The monoisotopic (exact) mass is 353 g/mol. The Hall–Kier alpha value is -1.84. The third kappa shape index (κ3) is 3.19. The van der Waals surface area contributed by atoms with Crippen molar-refractivity contribution in [2.75, 3.05) is 38.1 Å². The number of piperazine rings is 1. The molecule has 0 spiro atoms. The van der Waals surface area contributed by atoms with Gasteiger partial charge in [-0.15, -0.1) is 0 Å². The van der Waals surface area contributed by atoms with Crippen molar-refractivity contribution in [3.05, 3.63) is 52.1 Å². The van der Waals surface area contributed by atoms with E-state index in [0.29, 0.717) is 0 Å². The lowest BCUT2D eigenvalue weighted by Crippen LogP contribution is -2.45. The Bertz CT molecular complexity index is 861. The highest BCUT2D eigenvalue weighted by atomic mass is 35.5. The van der Waals surface area contributed by atoms with Gasteiger partial charge in [0.05, 0.1) is 5.52 Å². The van der Waals surface area contributed by atoms with E-state index in [1.165, 1.54) is 22.1 Å². The van der Waals surface area contributed by atoms with Gasteiger partial charge in [-0.1, -0.05) is 48.4 Å². The second-order valence-electron chi connectivity index (χ2n) is 6.99. The van der Waals surface area contributed by atoms with Crippen molar-refractivity contribution in [2.45, 2.75) is 19.8 Å². The van der Waals surface area contributed by atoms with E-state index >= 15 is 0 Å². The SMILES string of the molecule is CCC1=CC=Cc2c(c(N3CCN(C)CC3)nc3cc(Cl)ccc23)C1.